The van der Waals surface area contributed by atoms with Gasteiger partial charge in [0.05, 0.1) is 25.7 Å². The lowest BCUT2D eigenvalue weighted by Crippen LogP contribution is -2.37. The van der Waals surface area contributed by atoms with Gasteiger partial charge in [0.1, 0.15) is 11.4 Å². The summed E-state index contributed by atoms with van der Waals surface area (Å²) < 4.78 is 17.2. The zero-order valence-corrected chi connectivity index (χ0v) is 21.8. The van der Waals surface area contributed by atoms with E-state index in [1.54, 1.807) is 7.11 Å². The lowest BCUT2D eigenvalue weighted by Gasteiger charge is -2.29. The molecule has 3 rings (SSSR count). The first-order valence-corrected chi connectivity index (χ1v) is 12.5. The van der Waals surface area contributed by atoms with Crippen LogP contribution in [-0.2, 0) is 27.3 Å². The first-order chi connectivity index (χ1) is 17.3. The number of carbonyl (C=O) groups excluding carboxylic acids is 1. The van der Waals surface area contributed by atoms with Gasteiger partial charge in [-0.05, 0) is 74.4 Å². The molecule has 5 nitrogen and oxygen atoms in total. The summed E-state index contributed by atoms with van der Waals surface area (Å²) in [5.41, 5.74) is 3.88. The summed E-state index contributed by atoms with van der Waals surface area (Å²) >= 11 is 0. The standard InChI is InChI=1S/C31H38O5/c1-31(2,3)36-30(33)28(20-21-32)29(35-22-24-12-17-27(34-4)18-13-24)19-14-23-10-15-26(16-11-23)25-8-6-5-7-9-25/h5-13,15-18,28-29,32H,14,19-22H2,1-4H3. The molecule has 1 N–H and O–H groups in total. The molecule has 0 radical (unpaired) electrons. The van der Waals surface area contributed by atoms with Crippen molar-refractivity contribution in [1.82, 2.24) is 0 Å². The predicted molar refractivity (Wildman–Crippen MR) is 143 cm³/mol. The molecule has 3 aromatic carbocycles. The number of hydrogen-bond donors (Lipinski definition) is 1. The van der Waals surface area contributed by atoms with Gasteiger partial charge in [0.15, 0.2) is 0 Å². The van der Waals surface area contributed by atoms with Gasteiger partial charge in [-0.3, -0.25) is 4.79 Å². The van der Waals surface area contributed by atoms with Crippen molar-refractivity contribution >= 4 is 5.97 Å². The van der Waals surface area contributed by atoms with E-state index in [4.69, 9.17) is 14.2 Å². The highest BCUT2D eigenvalue weighted by Gasteiger charge is 2.32. The molecular weight excluding hydrogens is 452 g/mol. The summed E-state index contributed by atoms with van der Waals surface area (Å²) in [7, 11) is 1.63. The third kappa shape index (κ3) is 8.51. The molecule has 0 aliphatic heterocycles. The Morgan fingerprint density at radius 1 is 0.833 bits per heavy atom. The third-order valence-electron chi connectivity index (χ3n) is 6.00. The Labute approximate surface area is 215 Å². The number of rotatable bonds is 12. The zero-order valence-electron chi connectivity index (χ0n) is 21.8. The van der Waals surface area contributed by atoms with E-state index in [2.05, 4.69) is 36.4 Å². The molecule has 0 spiro atoms. The van der Waals surface area contributed by atoms with E-state index in [-0.39, 0.29) is 19.0 Å². The molecule has 0 aliphatic rings. The van der Waals surface area contributed by atoms with Crippen molar-refractivity contribution in [3.63, 3.8) is 0 Å². The van der Waals surface area contributed by atoms with Crippen molar-refractivity contribution in [2.24, 2.45) is 5.92 Å². The van der Waals surface area contributed by atoms with Gasteiger partial charge >= 0.3 is 5.97 Å². The van der Waals surface area contributed by atoms with E-state index in [0.29, 0.717) is 13.0 Å². The largest absolute Gasteiger partial charge is 0.497 e. The van der Waals surface area contributed by atoms with Gasteiger partial charge in [-0.15, -0.1) is 0 Å². The first-order valence-electron chi connectivity index (χ1n) is 12.5. The van der Waals surface area contributed by atoms with Crippen LogP contribution in [0.4, 0.5) is 0 Å². The summed E-state index contributed by atoms with van der Waals surface area (Å²) in [5, 5.41) is 9.72. The molecule has 0 bridgehead atoms. The number of esters is 1. The lowest BCUT2D eigenvalue weighted by molar-refractivity contribution is -0.167. The summed E-state index contributed by atoms with van der Waals surface area (Å²) in [5.74, 6) is -0.118. The minimum atomic E-state index is -0.613. The van der Waals surface area contributed by atoms with Gasteiger partial charge in [-0.25, -0.2) is 0 Å². The summed E-state index contributed by atoms with van der Waals surface area (Å²) in [4.78, 5) is 13.1. The van der Waals surface area contributed by atoms with Crippen molar-refractivity contribution in [3.05, 3.63) is 90.0 Å². The molecular formula is C31H38O5. The highest BCUT2D eigenvalue weighted by atomic mass is 16.6. The second-order valence-electron chi connectivity index (χ2n) is 9.95. The van der Waals surface area contributed by atoms with Crippen LogP contribution in [0.5, 0.6) is 5.75 Å². The monoisotopic (exact) mass is 490 g/mol. The minimum absolute atomic E-state index is 0.113. The summed E-state index contributed by atoms with van der Waals surface area (Å²) in [6.45, 7) is 5.79. The normalized spacial score (nSPS) is 13.1. The fourth-order valence-corrected chi connectivity index (χ4v) is 4.10. The van der Waals surface area contributed by atoms with Gasteiger partial charge in [0.2, 0.25) is 0 Å². The van der Waals surface area contributed by atoms with Crippen molar-refractivity contribution in [1.29, 1.82) is 0 Å². The zero-order chi connectivity index (χ0) is 26.0. The van der Waals surface area contributed by atoms with Crippen molar-refractivity contribution in [2.75, 3.05) is 13.7 Å². The molecule has 0 fully saturated rings. The minimum Gasteiger partial charge on any atom is -0.497 e. The molecule has 0 saturated heterocycles. The van der Waals surface area contributed by atoms with Gasteiger partial charge in [-0.2, -0.15) is 0 Å². The van der Waals surface area contributed by atoms with Crippen LogP contribution >= 0.6 is 0 Å². The smallest absolute Gasteiger partial charge is 0.312 e. The van der Waals surface area contributed by atoms with Crippen LogP contribution in [-0.4, -0.2) is 36.5 Å². The average molecular weight is 491 g/mol. The molecule has 0 saturated carbocycles. The number of hydrogen-bond acceptors (Lipinski definition) is 5. The molecule has 5 heteroatoms. The molecule has 0 aromatic heterocycles. The molecule has 0 amide bonds. The second-order valence-corrected chi connectivity index (χ2v) is 9.95. The van der Waals surface area contributed by atoms with Gasteiger partial charge in [0.25, 0.3) is 0 Å². The van der Waals surface area contributed by atoms with E-state index in [1.807, 2.05) is 63.2 Å². The molecule has 0 aliphatic carbocycles. The van der Waals surface area contributed by atoms with E-state index in [0.717, 1.165) is 17.7 Å². The number of benzene rings is 3. The average Bonchev–Trinajstić information content (AvgIpc) is 2.88. The Bertz CT molecular complexity index is 1050. The van der Waals surface area contributed by atoms with Gasteiger partial charge < -0.3 is 19.3 Å². The molecule has 192 valence electrons. The molecule has 2 atom stereocenters. The Morgan fingerprint density at radius 3 is 2.03 bits per heavy atom. The Balaban J connectivity index is 1.74. The van der Waals surface area contributed by atoms with E-state index < -0.39 is 17.6 Å². The van der Waals surface area contributed by atoms with Crippen molar-refractivity contribution in [2.45, 2.75) is 58.3 Å². The number of aryl methyl sites for hydroxylation is 1. The summed E-state index contributed by atoms with van der Waals surface area (Å²) in [6.07, 6.45) is 1.26. The van der Waals surface area contributed by atoms with Crippen LogP contribution in [0.1, 0.15) is 44.7 Å². The highest BCUT2D eigenvalue weighted by molar-refractivity contribution is 5.73. The molecule has 3 aromatic rings. The Hall–Kier alpha value is -3.15. The third-order valence-corrected chi connectivity index (χ3v) is 6.00. The van der Waals surface area contributed by atoms with Crippen LogP contribution in [0, 0.1) is 5.92 Å². The van der Waals surface area contributed by atoms with Crippen molar-refractivity contribution < 1.29 is 24.1 Å². The number of carbonyl (C=O) groups is 1. The molecule has 36 heavy (non-hydrogen) atoms. The second kappa shape index (κ2) is 13.2. The maximum Gasteiger partial charge on any atom is 0.312 e. The SMILES string of the molecule is COc1ccc(COC(CCc2ccc(-c3ccccc3)cc2)C(CCO)C(=O)OC(C)(C)C)cc1. The quantitative estimate of drug-likeness (QED) is 0.305. The Morgan fingerprint density at radius 2 is 1.44 bits per heavy atom. The van der Waals surface area contributed by atoms with Crippen LogP contribution in [0.15, 0.2) is 78.9 Å². The molecule has 0 heterocycles. The van der Waals surface area contributed by atoms with Gasteiger partial charge in [-0.1, -0.05) is 66.7 Å². The number of ether oxygens (including phenoxy) is 3. The predicted octanol–water partition coefficient (Wildman–Crippen LogP) is 6.22. The summed E-state index contributed by atoms with van der Waals surface area (Å²) in [6, 6.07) is 26.4. The Kier molecular flexibility index (Phi) is 10.1. The fourth-order valence-electron chi connectivity index (χ4n) is 4.10. The topological polar surface area (TPSA) is 65.0 Å². The van der Waals surface area contributed by atoms with Crippen LogP contribution < -0.4 is 4.74 Å². The van der Waals surface area contributed by atoms with E-state index in [9.17, 15) is 9.90 Å². The highest BCUT2D eigenvalue weighted by Crippen LogP contribution is 2.25. The fraction of sp³-hybridized carbons (Fsp3) is 0.387. The van der Waals surface area contributed by atoms with E-state index in [1.165, 1.54) is 16.7 Å². The van der Waals surface area contributed by atoms with Crippen LogP contribution in [0.25, 0.3) is 11.1 Å². The lowest BCUT2D eigenvalue weighted by atomic mass is 9.92. The maximum absolute atomic E-state index is 13.1. The number of aliphatic hydroxyl groups excluding tert-OH is 1. The first kappa shape index (κ1) is 27.4. The van der Waals surface area contributed by atoms with Crippen LogP contribution in [0.3, 0.4) is 0 Å². The van der Waals surface area contributed by atoms with Crippen LogP contribution in [0.2, 0.25) is 0 Å². The van der Waals surface area contributed by atoms with Gasteiger partial charge in [0, 0.05) is 6.61 Å². The number of methoxy groups -OCH3 is 1. The number of aliphatic hydroxyl groups is 1. The molecule has 2 unspecified atom stereocenters. The van der Waals surface area contributed by atoms with E-state index >= 15 is 0 Å². The van der Waals surface area contributed by atoms with Crippen molar-refractivity contribution in [3.8, 4) is 16.9 Å². The maximum atomic E-state index is 13.1.